The number of hydrogen-bond donors (Lipinski definition) is 2. The van der Waals surface area contributed by atoms with Gasteiger partial charge in [-0.3, -0.25) is 0 Å². The summed E-state index contributed by atoms with van der Waals surface area (Å²) in [6.07, 6.45) is 1.74. The number of nitrogens with zero attached hydrogens (tertiary/aromatic N) is 3. The number of amides is 2. The summed E-state index contributed by atoms with van der Waals surface area (Å²) in [6, 6.07) is 10.6. The highest BCUT2D eigenvalue weighted by molar-refractivity contribution is 5.89. The Hall–Kier alpha value is -3.13. The third-order valence-corrected chi connectivity index (χ3v) is 4.27. The molecule has 0 radical (unpaired) electrons. The quantitative estimate of drug-likeness (QED) is 0.751. The fourth-order valence-electron chi connectivity index (χ4n) is 3.03. The van der Waals surface area contributed by atoms with Crippen molar-refractivity contribution in [3.8, 4) is 5.75 Å². The van der Waals surface area contributed by atoms with Gasteiger partial charge in [-0.05, 0) is 36.4 Å². The second-order valence-electron chi connectivity index (χ2n) is 5.98. The zero-order valence-electron chi connectivity index (χ0n) is 14.3. The first-order valence-electron chi connectivity index (χ1n) is 8.33. The van der Waals surface area contributed by atoms with Gasteiger partial charge in [0, 0.05) is 18.4 Å². The van der Waals surface area contributed by atoms with Crippen molar-refractivity contribution in [3.05, 3.63) is 48.4 Å². The van der Waals surface area contributed by atoms with E-state index in [-0.39, 0.29) is 12.1 Å². The summed E-state index contributed by atoms with van der Waals surface area (Å²) in [5, 5.41) is 5.69. The lowest BCUT2D eigenvalue weighted by molar-refractivity contribution is 0.0571. The summed E-state index contributed by atoms with van der Waals surface area (Å²) in [5.41, 5.74) is 2.34. The van der Waals surface area contributed by atoms with Crippen molar-refractivity contribution in [2.24, 2.45) is 0 Å². The van der Waals surface area contributed by atoms with Gasteiger partial charge in [0.25, 0.3) is 0 Å². The third-order valence-electron chi connectivity index (χ3n) is 4.27. The van der Waals surface area contributed by atoms with E-state index in [1.165, 1.54) is 0 Å². The maximum atomic E-state index is 12.2. The highest BCUT2D eigenvalue weighted by atomic mass is 16.5. The van der Waals surface area contributed by atoms with Crippen LogP contribution in [0.3, 0.4) is 0 Å². The number of imidazole rings is 1. The molecule has 8 heteroatoms. The maximum Gasteiger partial charge on any atom is 0.319 e. The van der Waals surface area contributed by atoms with Crippen LogP contribution in [-0.2, 0) is 11.3 Å². The molecule has 1 aliphatic rings. The van der Waals surface area contributed by atoms with Crippen LogP contribution in [-0.4, -0.2) is 40.8 Å². The summed E-state index contributed by atoms with van der Waals surface area (Å²) in [7, 11) is 1.60. The van der Waals surface area contributed by atoms with E-state index in [0.717, 1.165) is 22.7 Å². The van der Waals surface area contributed by atoms with Crippen LogP contribution in [0.2, 0.25) is 0 Å². The molecule has 1 unspecified atom stereocenters. The van der Waals surface area contributed by atoms with Gasteiger partial charge in [-0.1, -0.05) is 0 Å². The summed E-state index contributed by atoms with van der Waals surface area (Å²) in [5.74, 6) is 1.56. The standard InChI is InChI=1S/C18H19N5O3/c1-25-14-6-4-12(5-7-14)21-18(24)20-9-13-10-26-11-16-22-15-3-2-8-19-17(15)23(13)16/h2-8,13H,9-11H2,1H3,(H2,20,21,24). The van der Waals surface area contributed by atoms with Crippen molar-refractivity contribution in [2.45, 2.75) is 12.6 Å². The number of hydrogen-bond acceptors (Lipinski definition) is 5. The van der Waals surface area contributed by atoms with E-state index in [1.807, 2.05) is 16.7 Å². The second kappa shape index (κ2) is 7.01. The van der Waals surface area contributed by atoms with Gasteiger partial charge in [0.1, 0.15) is 23.7 Å². The lowest BCUT2D eigenvalue weighted by Crippen LogP contribution is -2.37. The van der Waals surface area contributed by atoms with Crippen molar-refractivity contribution in [1.29, 1.82) is 0 Å². The molecule has 0 saturated heterocycles. The van der Waals surface area contributed by atoms with Crippen LogP contribution in [0.25, 0.3) is 11.2 Å². The predicted molar refractivity (Wildman–Crippen MR) is 96.2 cm³/mol. The number of aromatic nitrogens is 3. The predicted octanol–water partition coefficient (Wildman–Crippen LogP) is 2.33. The molecule has 2 amide bonds. The van der Waals surface area contributed by atoms with Gasteiger partial charge in [-0.25, -0.2) is 14.8 Å². The van der Waals surface area contributed by atoms with E-state index in [2.05, 4.69) is 20.6 Å². The molecule has 26 heavy (non-hydrogen) atoms. The van der Waals surface area contributed by atoms with Gasteiger partial charge >= 0.3 is 6.03 Å². The number of ether oxygens (including phenoxy) is 2. The molecule has 1 aliphatic heterocycles. The molecule has 8 nitrogen and oxygen atoms in total. The van der Waals surface area contributed by atoms with Gasteiger partial charge in [-0.2, -0.15) is 0 Å². The Morgan fingerprint density at radius 3 is 3.00 bits per heavy atom. The Balaban J connectivity index is 1.43. The highest BCUT2D eigenvalue weighted by Crippen LogP contribution is 2.24. The first-order chi connectivity index (χ1) is 12.7. The van der Waals surface area contributed by atoms with Crippen LogP contribution in [0.15, 0.2) is 42.6 Å². The number of urea groups is 1. The van der Waals surface area contributed by atoms with E-state index in [9.17, 15) is 4.79 Å². The topological polar surface area (TPSA) is 90.3 Å². The smallest absolute Gasteiger partial charge is 0.319 e. The lowest BCUT2D eigenvalue weighted by Gasteiger charge is -2.25. The van der Waals surface area contributed by atoms with Crippen LogP contribution in [0.4, 0.5) is 10.5 Å². The zero-order chi connectivity index (χ0) is 17.9. The molecular formula is C18H19N5O3. The Morgan fingerprint density at radius 2 is 2.19 bits per heavy atom. The van der Waals surface area contributed by atoms with Gasteiger partial charge in [0.05, 0.1) is 19.8 Å². The fourth-order valence-corrected chi connectivity index (χ4v) is 3.03. The molecule has 3 aromatic rings. The largest absolute Gasteiger partial charge is 0.497 e. The molecule has 2 N–H and O–H groups in total. The van der Waals surface area contributed by atoms with Crippen LogP contribution in [0.1, 0.15) is 11.9 Å². The van der Waals surface area contributed by atoms with Crippen molar-refractivity contribution in [1.82, 2.24) is 19.9 Å². The number of benzene rings is 1. The van der Waals surface area contributed by atoms with Gasteiger partial charge < -0.3 is 24.7 Å². The van der Waals surface area contributed by atoms with Crippen molar-refractivity contribution in [3.63, 3.8) is 0 Å². The zero-order valence-corrected chi connectivity index (χ0v) is 14.3. The van der Waals surface area contributed by atoms with Crippen molar-refractivity contribution >= 4 is 22.9 Å². The number of rotatable bonds is 4. The molecule has 1 atom stereocenters. The molecule has 0 spiro atoms. The molecule has 3 heterocycles. The van der Waals surface area contributed by atoms with E-state index in [0.29, 0.717) is 25.4 Å². The number of anilines is 1. The Morgan fingerprint density at radius 1 is 1.35 bits per heavy atom. The van der Waals surface area contributed by atoms with Crippen LogP contribution >= 0.6 is 0 Å². The van der Waals surface area contributed by atoms with Gasteiger partial charge in [0.15, 0.2) is 5.65 Å². The average molecular weight is 353 g/mol. The molecule has 0 aliphatic carbocycles. The summed E-state index contributed by atoms with van der Waals surface area (Å²) in [4.78, 5) is 21.2. The summed E-state index contributed by atoms with van der Waals surface area (Å²) in [6.45, 7) is 1.36. The Bertz CT molecular complexity index is 922. The molecule has 4 rings (SSSR count). The Kier molecular flexibility index (Phi) is 4.40. The molecule has 134 valence electrons. The first kappa shape index (κ1) is 16.3. The average Bonchev–Trinajstić information content (AvgIpc) is 3.06. The second-order valence-corrected chi connectivity index (χ2v) is 5.98. The minimum absolute atomic E-state index is 0.0553. The van der Waals surface area contributed by atoms with E-state index in [4.69, 9.17) is 9.47 Å². The van der Waals surface area contributed by atoms with E-state index >= 15 is 0 Å². The normalized spacial score (nSPS) is 16.1. The van der Waals surface area contributed by atoms with Gasteiger partial charge in [0.2, 0.25) is 0 Å². The number of carbonyl (C=O) groups is 1. The fraction of sp³-hybridized carbons (Fsp3) is 0.278. The minimum atomic E-state index is -0.278. The maximum absolute atomic E-state index is 12.2. The molecule has 0 fully saturated rings. The monoisotopic (exact) mass is 353 g/mol. The third kappa shape index (κ3) is 3.18. The van der Waals surface area contributed by atoms with E-state index < -0.39 is 0 Å². The number of fused-ring (bicyclic) bond motifs is 3. The van der Waals surface area contributed by atoms with Crippen LogP contribution < -0.4 is 15.4 Å². The SMILES string of the molecule is COc1ccc(NC(=O)NCC2COCc3nc4cccnc4n32)cc1. The molecular weight excluding hydrogens is 334 g/mol. The highest BCUT2D eigenvalue weighted by Gasteiger charge is 2.25. The summed E-state index contributed by atoms with van der Waals surface area (Å²) >= 11 is 0. The molecule has 0 bridgehead atoms. The van der Waals surface area contributed by atoms with Crippen molar-refractivity contribution < 1.29 is 14.3 Å². The lowest BCUT2D eigenvalue weighted by atomic mass is 10.2. The number of methoxy groups -OCH3 is 1. The number of nitrogens with one attached hydrogen (secondary N) is 2. The number of pyridine rings is 1. The Labute approximate surface area is 150 Å². The minimum Gasteiger partial charge on any atom is -0.497 e. The van der Waals surface area contributed by atoms with Crippen molar-refractivity contribution in [2.75, 3.05) is 25.6 Å². The first-order valence-corrected chi connectivity index (χ1v) is 8.33. The number of carbonyl (C=O) groups excluding carboxylic acids is 1. The van der Waals surface area contributed by atoms with Crippen LogP contribution in [0.5, 0.6) is 5.75 Å². The summed E-state index contributed by atoms with van der Waals surface area (Å²) < 4.78 is 12.8. The van der Waals surface area contributed by atoms with E-state index in [1.54, 1.807) is 37.6 Å². The van der Waals surface area contributed by atoms with Crippen LogP contribution in [0, 0.1) is 0 Å². The van der Waals surface area contributed by atoms with Gasteiger partial charge in [-0.15, -0.1) is 0 Å². The molecule has 0 saturated carbocycles. The molecule has 2 aromatic heterocycles. The molecule has 1 aromatic carbocycles.